The average molecular weight is 414 g/mol. The molecular weight excluding hydrogens is 387 g/mol. The smallest absolute Gasteiger partial charge is 0.872 e. The van der Waals surface area contributed by atoms with Crippen LogP contribution < -0.4 is 39.4 Å². The minimum absolute atomic E-state index is 0. The van der Waals surface area contributed by atoms with Gasteiger partial charge in [-0.05, 0) is 37.1 Å². The molecular formula is C21H27NaO5S. The summed E-state index contributed by atoms with van der Waals surface area (Å²) in [6.45, 7) is 2.18. The molecule has 7 heteroatoms. The van der Waals surface area contributed by atoms with Gasteiger partial charge in [0.1, 0.15) is 16.4 Å². The van der Waals surface area contributed by atoms with Crippen LogP contribution in [-0.4, -0.2) is 13.0 Å². The third kappa shape index (κ3) is 8.13. The standard InChI is InChI=1S/C21H28O5S.Na/c1-2-3-4-5-6-7-9-12-17-15-20(26-18-13-10-8-11-14-18)21(16-19(17)22)27(23,24)25;/h8,10-11,13-16,22H,2-7,9,12H2,1H3,(H,23,24,25);/q;+1/p-1. The summed E-state index contributed by atoms with van der Waals surface area (Å²) in [5.41, 5.74) is 0.502. The third-order valence-corrected chi connectivity index (χ3v) is 5.30. The normalized spacial score (nSPS) is 11.1. The summed E-state index contributed by atoms with van der Waals surface area (Å²) in [4.78, 5) is -0.500. The van der Waals surface area contributed by atoms with E-state index in [1.165, 1.54) is 31.7 Å². The summed E-state index contributed by atoms with van der Waals surface area (Å²) in [7, 11) is -4.56. The number of hydrogen-bond donors (Lipinski definition) is 1. The Kier molecular flexibility index (Phi) is 11.2. The third-order valence-electron chi connectivity index (χ3n) is 4.43. The van der Waals surface area contributed by atoms with Gasteiger partial charge in [0, 0.05) is 0 Å². The van der Waals surface area contributed by atoms with E-state index in [1.54, 1.807) is 24.3 Å². The van der Waals surface area contributed by atoms with E-state index in [-0.39, 0.29) is 35.3 Å². The van der Waals surface area contributed by atoms with Crippen LogP contribution in [0.5, 0.6) is 17.2 Å². The molecule has 0 fully saturated rings. The first-order valence-corrected chi connectivity index (χ1v) is 10.9. The monoisotopic (exact) mass is 414 g/mol. The molecule has 0 radical (unpaired) electrons. The molecule has 0 bridgehead atoms. The minimum atomic E-state index is -4.56. The Morgan fingerprint density at radius 3 is 2.18 bits per heavy atom. The zero-order valence-corrected chi connectivity index (χ0v) is 19.5. The van der Waals surface area contributed by atoms with Gasteiger partial charge in [-0.1, -0.05) is 69.2 Å². The minimum Gasteiger partial charge on any atom is -0.872 e. The zero-order valence-electron chi connectivity index (χ0n) is 16.7. The molecule has 0 heterocycles. The molecule has 0 aliphatic carbocycles. The van der Waals surface area contributed by atoms with Gasteiger partial charge in [-0.15, -0.1) is 5.75 Å². The van der Waals surface area contributed by atoms with E-state index in [0.29, 0.717) is 17.7 Å². The molecule has 0 saturated heterocycles. The maximum Gasteiger partial charge on any atom is 1.00 e. The van der Waals surface area contributed by atoms with Crippen LogP contribution in [0.4, 0.5) is 0 Å². The number of para-hydroxylation sites is 1. The SMILES string of the molecule is CCCCCCCCCc1cc(Oc2ccccc2)c(S(=O)(=O)O)cc1[O-].[Na+]. The summed E-state index contributed by atoms with van der Waals surface area (Å²) in [6.07, 6.45) is 8.47. The van der Waals surface area contributed by atoms with Crippen LogP contribution in [0, 0.1) is 0 Å². The van der Waals surface area contributed by atoms with Crippen molar-refractivity contribution in [3.05, 3.63) is 48.0 Å². The molecule has 28 heavy (non-hydrogen) atoms. The second-order valence-corrected chi connectivity index (χ2v) is 8.06. The second kappa shape index (κ2) is 12.5. The van der Waals surface area contributed by atoms with Crippen molar-refractivity contribution in [3.8, 4) is 17.2 Å². The van der Waals surface area contributed by atoms with E-state index in [0.717, 1.165) is 25.3 Å². The Bertz CT molecular complexity index is 822. The average Bonchev–Trinajstić information content (AvgIpc) is 2.63. The van der Waals surface area contributed by atoms with Crippen LogP contribution in [-0.2, 0) is 16.5 Å². The first-order valence-electron chi connectivity index (χ1n) is 9.46. The summed E-state index contributed by atoms with van der Waals surface area (Å²) >= 11 is 0. The largest absolute Gasteiger partial charge is 1.00 e. The van der Waals surface area contributed by atoms with Gasteiger partial charge in [-0.25, -0.2) is 0 Å². The van der Waals surface area contributed by atoms with Crippen LogP contribution >= 0.6 is 0 Å². The van der Waals surface area contributed by atoms with Crippen LogP contribution in [0.1, 0.15) is 57.4 Å². The number of rotatable bonds is 11. The predicted molar refractivity (Wildman–Crippen MR) is 104 cm³/mol. The predicted octanol–water partition coefficient (Wildman–Crippen LogP) is 2.10. The molecule has 0 saturated carbocycles. The molecule has 2 aromatic carbocycles. The van der Waals surface area contributed by atoms with Crippen molar-refractivity contribution < 1.29 is 52.4 Å². The van der Waals surface area contributed by atoms with E-state index < -0.39 is 20.8 Å². The second-order valence-electron chi connectivity index (χ2n) is 6.67. The fourth-order valence-electron chi connectivity index (χ4n) is 2.95. The molecule has 0 atom stereocenters. The van der Waals surface area contributed by atoms with Gasteiger partial charge in [0.25, 0.3) is 10.1 Å². The molecule has 0 aliphatic heterocycles. The zero-order chi connectivity index (χ0) is 19.7. The van der Waals surface area contributed by atoms with Gasteiger partial charge in [-0.2, -0.15) is 8.42 Å². The first kappa shape index (κ1) is 25.0. The van der Waals surface area contributed by atoms with E-state index in [4.69, 9.17) is 4.74 Å². The number of benzene rings is 2. The fraction of sp³-hybridized carbons (Fsp3) is 0.429. The molecule has 2 aromatic rings. The van der Waals surface area contributed by atoms with Crippen LogP contribution in [0.15, 0.2) is 47.4 Å². The Labute approximate surface area is 190 Å². The van der Waals surface area contributed by atoms with Gasteiger partial charge in [0.15, 0.2) is 0 Å². The van der Waals surface area contributed by atoms with Crippen molar-refractivity contribution in [3.63, 3.8) is 0 Å². The summed E-state index contributed by atoms with van der Waals surface area (Å²) in [6, 6.07) is 11.1. The van der Waals surface area contributed by atoms with Crippen LogP contribution in [0.25, 0.3) is 0 Å². The van der Waals surface area contributed by atoms with Crippen molar-refractivity contribution in [2.75, 3.05) is 0 Å². The van der Waals surface area contributed by atoms with Crippen molar-refractivity contribution >= 4 is 10.1 Å². The quantitative estimate of drug-likeness (QED) is 0.346. The number of ether oxygens (including phenoxy) is 1. The number of hydrogen-bond acceptors (Lipinski definition) is 4. The van der Waals surface area contributed by atoms with Crippen LogP contribution in [0.3, 0.4) is 0 Å². The number of aryl methyl sites for hydroxylation is 1. The molecule has 2 rings (SSSR count). The Balaban J connectivity index is 0.00000392. The van der Waals surface area contributed by atoms with E-state index >= 15 is 0 Å². The first-order chi connectivity index (χ1) is 12.9. The van der Waals surface area contributed by atoms with Crippen molar-refractivity contribution in [2.24, 2.45) is 0 Å². The Hall–Kier alpha value is -1.05. The molecule has 0 unspecified atom stereocenters. The maximum atomic E-state index is 12.3. The Morgan fingerprint density at radius 2 is 1.57 bits per heavy atom. The van der Waals surface area contributed by atoms with Gasteiger partial charge in [-0.3, -0.25) is 4.55 Å². The van der Waals surface area contributed by atoms with Gasteiger partial charge < -0.3 is 9.84 Å². The summed E-state index contributed by atoms with van der Waals surface area (Å²) in [5, 5.41) is 12.3. The molecule has 0 amide bonds. The van der Waals surface area contributed by atoms with Crippen molar-refractivity contribution in [2.45, 2.75) is 63.2 Å². The topological polar surface area (TPSA) is 86.7 Å². The van der Waals surface area contributed by atoms with Gasteiger partial charge in [0.2, 0.25) is 0 Å². The van der Waals surface area contributed by atoms with E-state index in [9.17, 15) is 18.1 Å². The van der Waals surface area contributed by atoms with E-state index in [2.05, 4.69) is 6.92 Å². The molecule has 5 nitrogen and oxygen atoms in total. The Morgan fingerprint density at radius 1 is 0.964 bits per heavy atom. The van der Waals surface area contributed by atoms with Crippen LogP contribution in [0.2, 0.25) is 0 Å². The van der Waals surface area contributed by atoms with E-state index in [1.807, 2.05) is 6.07 Å². The molecule has 0 aromatic heterocycles. The van der Waals surface area contributed by atoms with Crippen molar-refractivity contribution in [1.29, 1.82) is 0 Å². The van der Waals surface area contributed by atoms with Gasteiger partial charge in [0.05, 0.1) is 0 Å². The summed E-state index contributed by atoms with van der Waals surface area (Å²) in [5.74, 6) is 0.0122. The van der Waals surface area contributed by atoms with Crippen molar-refractivity contribution in [1.82, 2.24) is 0 Å². The van der Waals surface area contributed by atoms with Gasteiger partial charge >= 0.3 is 29.6 Å². The molecule has 0 aliphatic rings. The molecule has 1 N–H and O–H groups in total. The summed E-state index contributed by atoms with van der Waals surface area (Å²) < 4.78 is 38.3. The molecule has 148 valence electrons. The molecule has 0 spiro atoms. The number of unbranched alkanes of at least 4 members (excludes halogenated alkanes) is 6. The maximum absolute atomic E-state index is 12.3. The fourth-order valence-corrected chi connectivity index (χ4v) is 3.56.